The van der Waals surface area contributed by atoms with Gasteiger partial charge in [0.1, 0.15) is 11.5 Å². The van der Waals surface area contributed by atoms with Crippen LogP contribution in [0.4, 0.5) is 0 Å². The second-order valence-corrected chi connectivity index (χ2v) is 3.51. The van der Waals surface area contributed by atoms with E-state index >= 15 is 0 Å². The molecule has 0 bridgehead atoms. The lowest BCUT2D eigenvalue weighted by Crippen LogP contribution is -1.95. The standard InChI is InChI=1S/C13H14N2O3/c1-2-17-11-3-5-12(6-4-11)18-13-8-14-7-10(9-16)15-13/h3-8,16H,2,9H2,1H3. The van der Waals surface area contributed by atoms with Crippen molar-refractivity contribution >= 4 is 0 Å². The average Bonchev–Trinajstić information content (AvgIpc) is 2.42. The summed E-state index contributed by atoms with van der Waals surface area (Å²) in [6.45, 7) is 2.40. The van der Waals surface area contributed by atoms with E-state index in [2.05, 4.69) is 9.97 Å². The van der Waals surface area contributed by atoms with Gasteiger partial charge in [-0.25, -0.2) is 4.98 Å². The van der Waals surface area contributed by atoms with Gasteiger partial charge in [0.25, 0.3) is 0 Å². The molecule has 0 unspecified atom stereocenters. The molecule has 2 aromatic rings. The molecule has 18 heavy (non-hydrogen) atoms. The Morgan fingerprint density at radius 1 is 1.11 bits per heavy atom. The lowest BCUT2D eigenvalue weighted by atomic mass is 10.3. The summed E-state index contributed by atoms with van der Waals surface area (Å²) >= 11 is 0. The smallest absolute Gasteiger partial charge is 0.238 e. The summed E-state index contributed by atoms with van der Waals surface area (Å²) in [5.41, 5.74) is 0.471. The first-order valence-electron chi connectivity index (χ1n) is 5.64. The zero-order valence-electron chi connectivity index (χ0n) is 10.0. The molecule has 5 heteroatoms. The van der Waals surface area contributed by atoms with Gasteiger partial charge in [-0.05, 0) is 31.2 Å². The van der Waals surface area contributed by atoms with Crippen molar-refractivity contribution in [3.05, 3.63) is 42.4 Å². The first kappa shape index (κ1) is 12.3. The van der Waals surface area contributed by atoms with E-state index in [1.54, 1.807) is 12.1 Å². The molecular weight excluding hydrogens is 232 g/mol. The second kappa shape index (κ2) is 5.97. The first-order valence-corrected chi connectivity index (χ1v) is 5.64. The molecule has 0 saturated carbocycles. The van der Waals surface area contributed by atoms with E-state index in [1.165, 1.54) is 12.4 Å². The summed E-state index contributed by atoms with van der Waals surface area (Å²) in [6, 6.07) is 7.22. The van der Waals surface area contributed by atoms with Crippen LogP contribution in [-0.2, 0) is 6.61 Å². The molecule has 0 saturated heterocycles. The van der Waals surface area contributed by atoms with Crippen molar-refractivity contribution in [1.29, 1.82) is 0 Å². The molecule has 0 aliphatic carbocycles. The fourth-order valence-electron chi connectivity index (χ4n) is 1.40. The van der Waals surface area contributed by atoms with Gasteiger partial charge in [0, 0.05) is 0 Å². The molecule has 0 atom stereocenters. The van der Waals surface area contributed by atoms with Gasteiger partial charge in [0.2, 0.25) is 5.88 Å². The summed E-state index contributed by atoms with van der Waals surface area (Å²) in [4.78, 5) is 8.01. The molecule has 0 amide bonds. The van der Waals surface area contributed by atoms with Crippen molar-refractivity contribution in [2.24, 2.45) is 0 Å². The van der Waals surface area contributed by atoms with E-state index in [9.17, 15) is 0 Å². The average molecular weight is 246 g/mol. The number of nitrogens with zero attached hydrogens (tertiary/aromatic N) is 2. The number of benzene rings is 1. The van der Waals surface area contributed by atoms with Crippen molar-refractivity contribution in [2.75, 3.05) is 6.61 Å². The minimum Gasteiger partial charge on any atom is -0.494 e. The van der Waals surface area contributed by atoms with Crippen molar-refractivity contribution in [2.45, 2.75) is 13.5 Å². The lowest BCUT2D eigenvalue weighted by molar-refractivity contribution is 0.274. The van der Waals surface area contributed by atoms with E-state index in [0.717, 1.165) is 5.75 Å². The molecule has 1 N–H and O–H groups in total. The van der Waals surface area contributed by atoms with Crippen molar-refractivity contribution < 1.29 is 14.6 Å². The van der Waals surface area contributed by atoms with Gasteiger partial charge in [-0.2, -0.15) is 0 Å². The molecule has 2 rings (SSSR count). The number of ether oxygens (including phenoxy) is 2. The number of aromatic nitrogens is 2. The summed E-state index contributed by atoms with van der Waals surface area (Å²) in [5, 5.41) is 8.95. The molecule has 0 aliphatic rings. The number of rotatable bonds is 5. The van der Waals surface area contributed by atoms with Crippen LogP contribution in [-0.4, -0.2) is 21.7 Å². The molecule has 0 aliphatic heterocycles. The van der Waals surface area contributed by atoms with Gasteiger partial charge in [-0.3, -0.25) is 4.98 Å². The Morgan fingerprint density at radius 3 is 2.50 bits per heavy atom. The first-order chi connectivity index (χ1) is 8.81. The Hall–Kier alpha value is -2.14. The van der Waals surface area contributed by atoms with Crippen LogP contribution in [0.15, 0.2) is 36.7 Å². The number of hydrogen-bond donors (Lipinski definition) is 1. The van der Waals surface area contributed by atoms with Gasteiger partial charge in [0.15, 0.2) is 0 Å². The molecule has 0 fully saturated rings. The minimum atomic E-state index is -0.159. The van der Waals surface area contributed by atoms with Gasteiger partial charge in [-0.15, -0.1) is 0 Å². The summed E-state index contributed by atoms with van der Waals surface area (Å²) < 4.78 is 10.8. The topological polar surface area (TPSA) is 64.5 Å². The van der Waals surface area contributed by atoms with Gasteiger partial charge < -0.3 is 14.6 Å². The highest BCUT2D eigenvalue weighted by molar-refractivity contribution is 5.33. The Labute approximate surface area is 105 Å². The van der Waals surface area contributed by atoms with E-state index < -0.39 is 0 Å². The summed E-state index contributed by atoms with van der Waals surface area (Å²) in [5.74, 6) is 1.79. The minimum absolute atomic E-state index is 0.159. The number of aliphatic hydroxyl groups excluding tert-OH is 1. The maximum absolute atomic E-state index is 8.95. The lowest BCUT2D eigenvalue weighted by Gasteiger charge is -2.06. The Balaban J connectivity index is 2.08. The third-order valence-electron chi connectivity index (χ3n) is 2.18. The Bertz CT molecular complexity index is 500. The molecular formula is C13H14N2O3. The largest absolute Gasteiger partial charge is 0.494 e. The molecule has 1 aromatic carbocycles. The highest BCUT2D eigenvalue weighted by Crippen LogP contribution is 2.22. The Morgan fingerprint density at radius 2 is 1.83 bits per heavy atom. The summed E-state index contributed by atoms with van der Waals surface area (Å²) in [6.07, 6.45) is 2.99. The SMILES string of the molecule is CCOc1ccc(Oc2cncc(CO)n2)cc1. The highest BCUT2D eigenvalue weighted by atomic mass is 16.5. The van der Waals surface area contributed by atoms with Crippen molar-refractivity contribution in [1.82, 2.24) is 9.97 Å². The van der Waals surface area contributed by atoms with E-state index in [-0.39, 0.29) is 6.61 Å². The Kier molecular flexibility index (Phi) is 4.09. The normalized spacial score (nSPS) is 10.1. The molecule has 5 nitrogen and oxygen atoms in total. The van der Waals surface area contributed by atoms with Gasteiger partial charge >= 0.3 is 0 Å². The predicted octanol–water partition coefficient (Wildman–Crippen LogP) is 2.16. The highest BCUT2D eigenvalue weighted by Gasteiger charge is 2.01. The fourth-order valence-corrected chi connectivity index (χ4v) is 1.40. The van der Waals surface area contributed by atoms with Gasteiger partial charge in [-0.1, -0.05) is 0 Å². The zero-order valence-corrected chi connectivity index (χ0v) is 10.0. The molecule has 0 radical (unpaired) electrons. The maximum Gasteiger partial charge on any atom is 0.238 e. The molecule has 0 spiro atoms. The van der Waals surface area contributed by atoms with Crippen LogP contribution in [0.1, 0.15) is 12.6 Å². The predicted molar refractivity (Wildman–Crippen MR) is 65.6 cm³/mol. The van der Waals surface area contributed by atoms with Crippen LogP contribution in [0.25, 0.3) is 0 Å². The zero-order chi connectivity index (χ0) is 12.8. The van der Waals surface area contributed by atoms with Crippen LogP contribution in [0.2, 0.25) is 0 Å². The van der Waals surface area contributed by atoms with Crippen molar-refractivity contribution in [3.63, 3.8) is 0 Å². The van der Waals surface area contributed by atoms with Crippen molar-refractivity contribution in [3.8, 4) is 17.4 Å². The van der Waals surface area contributed by atoms with E-state index in [0.29, 0.717) is 23.9 Å². The number of hydrogen-bond acceptors (Lipinski definition) is 5. The third kappa shape index (κ3) is 3.18. The fraction of sp³-hybridized carbons (Fsp3) is 0.231. The molecule has 1 aromatic heterocycles. The molecule has 1 heterocycles. The number of aliphatic hydroxyl groups is 1. The second-order valence-electron chi connectivity index (χ2n) is 3.51. The van der Waals surface area contributed by atoms with Crippen LogP contribution < -0.4 is 9.47 Å². The van der Waals surface area contributed by atoms with Gasteiger partial charge in [0.05, 0.1) is 31.3 Å². The van der Waals surface area contributed by atoms with Crippen LogP contribution >= 0.6 is 0 Å². The van der Waals surface area contributed by atoms with E-state index in [1.807, 2.05) is 19.1 Å². The quantitative estimate of drug-likeness (QED) is 0.875. The maximum atomic E-state index is 8.95. The van der Waals surface area contributed by atoms with Crippen LogP contribution in [0.3, 0.4) is 0 Å². The van der Waals surface area contributed by atoms with Crippen LogP contribution in [0.5, 0.6) is 17.4 Å². The summed E-state index contributed by atoms with van der Waals surface area (Å²) in [7, 11) is 0. The third-order valence-corrected chi connectivity index (χ3v) is 2.18. The molecule has 94 valence electrons. The van der Waals surface area contributed by atoms with Crippen LogP contribution in [0, 0.1) is 0 Å². The van der Waals surface area contributed by atoms with E-state index in [4.69, 9.17) is 14.6 Å². The monoisotopic (exact) mass is 246 g/mol.